The molecule has 0 unspecified atom stereocenters. The maximum Gasteiger partial charge on any atom is 0.333 e. The van der Waals surface area contributed by atoms with Crippen LogP contribution in [0, 0.1) is 0 Å². The molecule has 0 amide bonds. The minimum atomic E-state index is -0.682. The van der Waals surface area contributed by atoms with Crippen LogP contribution in [0.2, 0.25) is 0 Å². The Hall–Kier alpha value is -0.910. The number of aliphatic hydroxyl groups is 1. The van der Waals surface area contributed by atoms with Gasteiger partial charge in [-0.15, -0.1) is 0 Å². The van der Waals surface area contributed by atoms with Crippen molar-refractivity contribution in [2.45, 2.75) is 90.7 Å². The van der Waals surface area contributed by atoms with Gasteiger partial charge in [0.2, 0.25) is 0 Å². The van der Waals surface area contributed by atoms with Gasteiger partial charge in [-0.2, -0.15) is 0 Å². The van der Waals surface area contributed by atoms with E-state index in [9.17, 15) is 9.90 Å². The lowest BCUT2D eigenvalue weighted by molar-refractivity contribution is -0.139. The van der Waals surface area contributed by atoms with Gasteiger partial charge in [-0.3, -0.25) is 0 Å². The molecule has 1 aliphatic rings. The minimum absolute atomic E-state index is 0.106. The lowest BCUT2D eigenvalue weighted by atomic mass is 9.88. The largest absolute Gasteiger partial charge is 0.463 e. The summed E-state index contributed by atoms with van der Waals surface area (Å²) in [6.07, 6.45) is 2.98. The summed E-state index contributed by atoms with van der Waals surface area (Å²) in [6, 6.07) is -0.242. The van der Waals surface area contributed by atoms with Gasteiger partial charge >= 0.3 is 5.97 Å². The van der Waals surface area contributed by atoms with Crippen LogP contribution in [0.15, 0.2) is 11.6 Å². The van der Waals surface area contributed by atoms with Gasteiger partial charge in [0.25, 0.3) is 0 Å². The molecule has 0 spiro atoms. The van der Waals surface area contributed by atoms with Gasteiger partial charge in [0.1, 0.15) is 0 Å². The summed E-state index contributed by atoms with van der Waals surface area (Å²) in [7, 11) is 0. The second-order valence-electron chi connectivity index (χ2n) is 7.14. The van der Waals surface area contributed by atoms with Crippen LogP contribution in [-0.4, -0.2) is 47.6 Å². The highest BCUT2D eigenvalue weighted by molar-refractivity contribution is 5.88. The van der Waals surface area contributed by atoms with Crippen LogP contribution in [-0.2, 0) is 14.3 Å². The third-order valence-electron chi connectivity index (χ3n) is 3.96. The van der Waals surface area contributed by atoms with E-state index in [-0.39, 0.29) is 36.2 Å². The number of rotatable bonds is 7. The van der Waals surface area contributed by atoms with Crippen LogP contribution < -0.4 is 5.32 Å². The molecule has 1 aliphatic carbocycles. The summed E-state index contributed by atoms with van der Waals surface area (Å²) in [6.45, 7) is 12.4. The number of ether oxygens (including phenoxy) is 2. The molecule has 0 saturated carbocycles. The van der Waals surface area contributed by atoms with E-state index in [4.69, 9.17) is 9.47 Å². The highest BCUT2D eigenvalue weighted by Crippen LogP contribution is 2.26. The average molecular weight is 327 g/mol. The quantitative estimate of drug-likeness (QED) is 0.704. The van der Waals surface area contributed by atoms with Crippen LogP contribution in [0.25, 0.3) is 0 Å². The van der Waals surface area contributed by atoms with Crippen LogP contribution in [0.5, 0.6) is 0 Å². The highest BCUT2D eigenvalue weighted by atomic mass is 16.5. The van der Waals surface area contributed by atoms with Gasteiger partial charge < -0.3 is 19.9 Å². The topological polar surface area (TPSA) is 67.8 Å². The molecule has 1 rings (SSSR count). The first kappa shape index (κ1) is 20.1. The van der Waals surface area contributed by atoms with Crippen molar-refractivity contribution in [3.63, 3.8) is 0 Å². The van der Waals surface area contributed by atoms with Gasteiger partial charge in [-0.25, -0.2) is 4.79 Å². The first-order chi connectivity index (χ1) is 10.7. The van der Waals surface area contributed by atoms with E-state index >= 15 is 0 Å². The molecule has 5 heteroatoms. The first-order valence-electron chi connectivity index (χ1n) is 8.70. The predicted octanol–water partition coefficient (Wildman–Crippen LogP) is 2.57. The molecule has 5 nitrogen and oxygen atoms in total. The van der Waals surface area contributed by atoms with E-state index in [0.717, 1.165) is 12.8 Å². The Labute approximate surface area is 140 Å². The number of carbonyl (C=O) groups excluding carboxylic acids is 1. The Kier molecular flexibility index (Phi) is 7.71. The number of esters is 1. The zero-order valence-corrected chi connectivity index (χ0v) is 15.4. The Morgan fingerprint density at radius 2 is 1.96 bits per heavy atom. The van der Waals surface area contributed by atoms with Gasteiger partial charge in [0.15, 0.2) is 0 Å². The molecule has 0 saturated heterocycles. The lowest BCUT2D eigenvalue weighted by Crippen LogP contribution is -2.57. The normalized spacial score (nSPS) is 25.4. The molecule has 0 aromatic heterocycles. The summed E-state index contributed by atoms with van der Waals surface area (Å²) in [5.41, 5.74) is 0.346. The van der Waals surface area contributed by atoms with Gasteiger partial charge in [-0.05, 0) is 46.6 Å². The van der Waals surface area contributed by atoms with Crippen LogP contribution >= 0.6 is 0 Å². The molecule has 3 atom stereocenters. The van der Waals surface area contributed by atoms with E-state index in [0.29, 0.717) is 12.2 Å². The smallest absolute Gasteiger partial charge is 0.333 e. The molecule has 0 aromatic rings. The summed E-state index contributed by atoms with van der Waals surface area (Å²) in [4.78, 5) is 12.0. The Morgan fingerprint density at radius 1 is 1.35 bits per heavy atom. The molecule has 0 aromatic carbocycles. The molecular weight excluding hydrogens is 294 g/mol. The van der Waals surface area contributed by atoms with Gasteiger partial charge in [0, 0.05) is 17.5 Å². The van der Waals surface area contributed by atoms with E-state index in [2.05, 4.69) is 39.9 Å². The van der Waals surface area contributed by atoms with Crippen molar-refractivity contribution in [3.05, 3.63) is 11.6 Å². The lowest BCUT2D eigenvalue weighted by Gasteiger charge is -2.40. The van der Waals surface area contributed by atoms with Crippen molar-refractivity contribution in [1.29, 1.82) is 0 Å². The molecule has 2 N–H and O–H groups in total. The Bertz CT molecular complexity index is 410. The molecule has 0 fully saturated rings. The fraction of sp³-hybridized carbons (Fsp3) is 0.833. The zero-order valence-electron chi connectivity index (χ0n) is 15.4. The molecule has 134 valence electrons. The number of hydrogen-bond donors (Lipinski definition) is 2. The Morgan fingerprint density at radius 3 is 2.43 bits per heavy atom. The zero-order chi connectivity index (χ0) is 17.6. The molecule has 0 heterocycles. The van der Waals surface area contributed by atoms with Crippen LogP contribution in [0.1, 0.15) is 60.8 Å². The van der Waals surface area contributed by atoms with Crippen LogP contribution in [0.3, 0.4) is 0 Å². The molecule has 23 heavy (non-hydrogen) atoms. The fourth-order valence-electron chi connectivity index (χ4n) is 2.82. The van der Waals surface area contributed by atoms with Crippen molar-refractivity contribution in [3.8, 4) is 0 Å². The van der Waals surface area contributed by atoms with Crippen molar-refractivity contribution in [2.75, 3.05) is 6.61 Å². The maximum atomic E-state index is 12.0. The molecular formula is C18H33NO4. The monoisotopic (exact) mass is 327 g/mol. The fourth-order valence-corrected chi connectivity index (χ4v) is 2.82. The highest BCUT2D eigenvalue weighted by Gasteiger charge is 2.37. The van der Waals surface area contributed by atoms with Gasteiger partial charge in [0.05, 0.1) is 31.0 Å². The van der Waals surface area contributed by atoms with Gasteiger partial charge in [-0.1, -0.05) is 13.8 Å². The van der Waals surface area contributed by atoms with Crippen molar-refractivity contribution in [1.82, 2.24) is 5.32 Å². The summed E-state index contributed by atoms with van der Waals surface area (Å²) < 4.78 is 11.2. The van der Waals surface area contributed by atoms with Crippen molar-refractivity contribution >= 4 is 5.97 Å². The predicted molar refractivity (Wildman–Crippen MR) is 91.3 cm³/mol. The number of carbonyl (C=O) groups is 1. The molecule has 0 bridgehead atoms. The van der Waals surface area contributed by atoms with E-state index in [1.54, 1.807) is 6.92 Å². The Balaban J connectivity index is 3.02. The van der Waals surface area contributed by atoms with E-state index < -0.39 is 6.10 Å². The van der Waals surface area contributed by atoms with E-state index in [1.807, 2.05) is 6.08 Å². The maximum absolute atomic E-state index is 12.0. The second-order valence-corrected chi connectivity index (χ2v) is 7.14. The third-order valence-corrected chi connectivity index (χ3v) is 3.96. The van der Waals surface area contributed by atoms with E-state index in [1.165, 1.54) is 0 Å². The number of nitrogens with one attached hydrogen (secondary N) is 1. The molecule has 0 radical (unpaired) electrons. The summed E-state index contributed by atoms with van der Waals surface area (Å²) in [5.74, 6) is -0.362. The number of aliphatic hydroxyl groups excluding tert-OH is 1. The summed E-state index contributed by atoms with van der Waals surface area (Å²) >= 11 is 0. The SMILES string of the molecule is CCOC(=O)C1=C[C@@H](OC(CC)CC)[C@@H](NC(C)(C)C)[C@@H](O)C1. The third kappa shape index (κ3) is 6.24. The number of hydrogen-bond acceptors (Lipinski definition) is 5. The van der Waals surface area contributed by atoms with Crippen LogP contribution in [0.4, 0.5) is 0 Å². The van der Waals surface area contributed by atoms with Crippen molar-refractivity contribution in [2.24, 2.45) is 0 Å². The standard InChI is InChI=1S/C18H33NO4/c1-7-13(8-2)23-15-11-12(17(21)22-9-3)10-14(20)16(15)19-18(4,5)6/h11,13-16,19-20H,7-10H2,1-6H3/t14-,15+,16-/m0/s1. The second kappa shape index (κ2) is 8.81. The minimum Gasteiger partial charge on any atom is -0.463 e. The first-order valence-corrected chi connectivity index (χ1v) is 8.70. The molecule has 0 aliphatic heterocycles. The summed E-state index contributed by atoms with van der Waals surface area (Å²) in [5, 5.41) is 14.0. The average Bonchev–Trinajstić information content (AvgIpc) is 2.46. The van der Waals surface area contributed by atoms with Crippen molar-refractivity contribution < 1.29 is 19.4 Å².